The van der Waals surface area contributed by atoms with Crippen molar-refractivity contribution in [3.05, 3.63) is 12.2 Å². The third kappa shape index (κ3) is 10.1. The first-order valence-electron chi connectivity index (χ1n) is 5.86. The van der Waals surface area contributed by atoms with Crippen LogP contribution in [-0.4, -0.2) is 45.8 Å². The molecular weight excluding hydrogens is 206 g/mol. The minimum absolute atomic E-state index is 0.156. The lowest BCUT2D eigenvalue weighted by molar-refractivity contribution is -0.133. The van der Waals surface area contributed by atoms with Crippen LogP contribution in [0, 0.1) is 0 Å². The Balaban J connectivity index is 3.35. The Morgan fingerprint density at radius 2 is 1.88 bits per heavy atom. The van der Waals surface area contributed by atoms with Crippen LogP contribution >= 0.6 is 0 Å². The third-order valence-electron chi connectivity index (χ3n) is 1.79. The molecule has 0 aliphatic rings. The van der Waals surface area contributed by atoms with Gasteiger partial charge in [-0.2, -0.15) is 0 Å². The highest BCUT2D eigenvalue weighted by Crippen LogP contribution is 1.93. The number of hydrogen-bond acceptors (Lipinski definition) is 4. The fraction of sp³-hybridized carbons (Fsp3) is 0.833. The topological polar surface area (TPSA) is 39.7 Å². The van der Waals surface area contributed by atoms with E-state index in [1.807, 2.05) is 20.8 Å². The molecule has 0 aliphatic carbocycles. The molecule has 0 atom stereocenters. The van der Waals surface area contributed by atoms with Crippen molar-refractivity contribution in [2.45, 2.75) is 27.1 Å². The Labute approximate surface area is 99.0 Å². The van der Waals surface area contributed by atoms with E-state index in [1.165, 1.54) is 0 Å². The SMILES string of the molecule is C=C(C)COCCNCC(OCC)OCC. The van der Waals surface area contributed by atoms with E-state index >= 15 is 0 Å². The molecule has 0 heterocycles. The molecule has 0 bridgehead atoms. The highest BCUT2D eigenvalue weighted by molar-refractivity contribution is 4.87. The van der Waals surface area contributed by atoms with Crippen LogP contribution in [0.3, 0.4) is 0 Å². The van der Waals surface area contributed by atoms with Gasteiger partial charge in [0.1, 0.15) is 0 Å². The van der Waals surface area contributed by atoms with E-state index in [-0.39, 0.29) is 6.29 Å². The number of nitrogens with one attached hydrogen (secondary N) is 1. The quantitative estimate of drug-likeness (QED) is 0.333. The van der Waals surface area contributed by atoms with Crippen molar-refractivity contribution < 1.29 is 14.2 Å². The van der Waals surface area contributed by atoms with E-state index in [1.54, 1.807) is 0 Å². The molecule has 0 saturated carbocycles. The maximum Gasteiger partial charge on any atom is 0.169 e. The molecule has 0 aromatic heterocycles. The van der Waals surface area contributed by atoms with Crippen LogP contribution in [0.25, 0.3) is 0 Å². The molecule has 0 aromatic rings. The fourth-order valence-electron chi connectivity index (χ4n) is 1.15. The van der Waals surface area contributed by atoms with Gasteiger partial charge in [0.2, 0.25) is 0 Å². The predicted molar refractivity (Wildman–Crippen MR) is 65.5 cm³/mol. The van der Waals surface area contributed by atoms with Gasteiger partial charge >= 0.3 is 0 Å². The first-order valence-corrected chi connectivity index (χ1v) is 5.86. The monoisotopic (exact) mass is 231 g/mol. The van der Waals surface area contributed by atoms with Gasteiger partial charge < -0.3 is 19.5 Å². The van der Waals surface area contributed by atoms with Gasteiger partial charge in [-0.25, -0.2) is 0 Å². The molecule has 0 rings (SSSR count). The zero-order chi connectivity index (χ0) is 12.2. The van der Waals surface area contributed by atoms with Gasteiger partial charge in [-0.3, -0.25) is 0 Å². The van der Waals surface area contributed by atoms with Crippen molar-refractivity contribution >= 4 is 0 Å². The van der Waals surface area contributed by atoms with Crippen molar-refractivity contribution in [2.24, 2.45) is 0 Å². The average molecular weight is 231 g/mol. The van der Waals surface area contributed by atoms with Gasteiger partial charge in [-0.05, 0) is 20.8 Å². The number of hydrogen-bond donors (Lipinski definition) is 1. The van der Waals surface area contributed by atoms with Gasteiger partial charge in [0, 0.05) is 26.3 Å². The lowest BCUT2D eigenvalue weighted by Crippen LogP contribution is -2.33. The number of rotatable bonds is 11. The Kier molecular flexibility index (Phi) is 10.8. The lowest BCUT2D eigenvalue weighted by atomic mass is 10.4. The van der Waals surface area contributed by atoms with Crippen LogP contribution < -0.4 is 5.32 Å². The molecule has 0 aromatic carbocycles. The molecule has 0 radical (unpaired) electrons. The predicted octanol–water partition coefficient (Wildman–Crippen LogP) is 1.57. The van der Waals surface area contributed by atoms with Crippen molar-refractivity contribution in [1.29, 1.82) is 0 Å². The molecule has 0 spiro atoms. The summed E-state index contributed by atoms with van der Waals surface area (Å²) >= 11 is 0. The van der Waals surface area contributed by atoms with Crippen LogP contribution in [0.4, 0.5) is 0 Å². The van der Waals surface area contributed by atoms with Crippen molar-refractivity contribution in [1.82, 2.24) is 5.32 Å². The third-order valence-corrected chi connectivity index (χ3v) is 1.79. The van der Waals surface area contributed by atoms with Gasteiger partial charge in [-0.1, -0.05) is 12.2 Å². The summed E-state index contributed by atoms with van der Waals surface area (Å²) in [5, 5.41) is 3.22. The fourth-order valence-corrected chi connectivity index (χ4v) is 1.15. The summed E-state index contributed by atoms with van der Waals surface area (Å²) in [7, 11) is 0. The van der Waals surface area contributed by atoms with Gasteiger partial charge in [0.15, 0.2) is 6.29 Å². The van der Waals surface area contributed by atoms with E-state index in [0.717, 1.165) is 12.1 Å². The maximum absolute atomic E-state index is 5.39. The summed E-state index contributed by atoms with van der Waals surface area (Å²) in [4.78, 5) is 0. The Morgan fingerprint density at radius 3 is 2.38 bits per heavy atom. The first kappa shape index (κ1) is 15.6. The summed E-state index contributed by atoms with van der Waals surface area (Å²) in [6, 6.07) is 0. The summed E-state index contributed by atoms with van der Waals surface area (Å²) in [6.07, 6.45) is -0.156. The summed E-state index contributed by atoms with van der Waals surface area (Å²) in [6.45, 7) is 13.8. The number of ether oxygens (including phenoxy) is 3. The van der Waals surface area contributed by atoms with Crippen molar-refractivity contribution in [2.75, 3.05) is 39.5 Å². The Bertz CT molecular complexity index is 168. The summed E-state index contributed by atoms with van der Waals surface area (Å²) in [5.41, 5.74) is 1.04. The molecule has 4 nitrogen and oxygen atoms in total. The van der Waals surface area contributed by atoms with E-state index < -0.39 is 0 Å². The largest absolute Gasteiger partial charge is 0.376 e. The maximum atomic E-state index is 5.39. The molecule has 0 unspecified atom stereocenters. The highest BCUT2D eigenvalue weighted by atomic mass is 16.7. The van der Waals surface area contributed by atoms with E-state index in [0.29, 0.717) is 33.0 Å². The van der Waals surface area contributed by atoms with Crippen molar-refractivity contribution in [3.8, 4) is 0 Å². The molecule has 4 heteroatoms. The van der Waals surface area contributed by atoms with Gasteiger partial charge in [-0.15, -0.1) is 0 Å². The van der Waals surface area contributed by atoms with E-state index in [9.17, 15) is 0 Å². The molecular formula is C12H25NO3. The van der Waals surface area contributed by atoms with Crippen LogP contribution in [-0.2, 0) is 14.2 Å². The van der Waals surface area contributed by atoms with Crippen LogP contribution in [0.5, 0.6) is 0 Å². The zero-order valence-electron chi connectivity index (χ0n) is 10.8. The van der Waals surface area contributed by atoms with Crippen molar-refractivity contribution in [3.63, 3.8) is 0 Å². The minimum Gasteiger partial charge on any atom is -0.376 e. The molecule has 0 amide bonds. The highest BCUT2D eigenvalue weighted by Gasteiger charge is 2.05. The van der Waals surface area contributed by atoms with Gasteiger partial charge in [0.05, 0.1) is 13.2 Å². The normalized spacial score (nSPS) is 11.0. The summed E-state index contributed by atoms with van der Waals surface area (Å²) < 4.78 is 16.1. The molecule has 96 valence electrons. The first-order chi connectivity index (χ1) is 7.70. The smallest absolute Gasteiger partial charge is 0.169 e. The standard InChI is InChI=1S/C12H25NO3/c1-5-15-12(16-6-2)9-13-7-8-14-10-11(3)4/h12-13H,3,5-10H2,1-2,4H3. The second-order valence-corrected chi connectivity index (χ2v) is 3.55. The Hall–Kier alpha value is -0.420. The van der Waals surface area contributed by atoms with E-state index in [4.69, 9.17) is 14.2 Å². The second-order valence-electron chi connectivity index (χ2n) is 3.55. The summed E-state index contributed by atoms with van der Waals surface area (Å²) in [5.74, 6) is 0. The second kappa shape index (κ2) is 11.1. The lowest BCUT2D eigenvalue weighted by Gasteiger charge is -2.17. The molecule has 1 N–H and O–H groups in total. The van der Waals surface area contributed by atoms with Gasteiger partial charge in [0.25, 0.3) is 0 Å². The zero-order valence-corrected chi connectivity index (χ0v) is 10.8. The minimum atomic E-state index is -0.156. The molecule has 0 saturated heterocycles. The molecule has 0 fully saturated rings. The van der Waals surface area contributed by atoms with E-state index in [2.05, 4.69) is 11.9 Å². The molecule has 16 heavy (non-hydrogen) atoms. The van der Waals surface area contributed by atoms with Crippen LogP contribution in [0.2, 0.25) is 0 Å². The average Bonchev–Trinajstić information content (AvgIpc) is 2.23. The molecule has 0 aliphatic heterocycles. The van der Waals surface area contributed by atoms with Crippen LogP contribution in [0.15, 0.2) is 12.2 Å². The van der Waals surface area contributed by atoms with Crippen LogP contribution in [0.1, 0.15) is 20.8 Å². The Morgan fingerprint density at radius 1 is 1.25 bits per heavy atom.